The molecule has 0 aromatic heterocycles. The van der Waals surface area contributed by atoms with Crippen LogP contribution in [0.3, 0.4) is 0 Å². The van der Waals surface area contributed by atoms with Crippen LogP contribution in [0.1, 0.15) is 107 Å². The number of hydrogen-bond acceptors (Lipinski definition) is 5. The maximum Gasteiger partial charge on any atom is 0.303 e. The standard InChI is InChI=1S/C32H50F2O5/c1-17-15-19(25(27(5,6)37)38-18(2)35)39-23-22(17)28(7)11-12-31-16-30(31)13-14-32(33,34)26(3,4)20(30)9-10-21(31)29(28,8)24(23)36/h17,19-25,36-37H,9-16H2,1-8H3/t17-,19-,20+,21+,22+,23?,24+,25+,28-,29-,30-,31+/m1/s1. The normalized spacial score (nSPS) is 53.8. The minimum absolute atomic E-state index is 0.0228. The molecule has 5 aliphatic carbocycles. The van der Waals surface area contributed by atoms with Crippen molar-refractivity contribution < 1.29 is 33.3 Å². The molecule has 6 rings (SSSR count). The van der Waals surface area contributed by atoms with Gasteiger partial charge in [0.05, 0.1) is 23.9 Å². The number of rotatable bonds is 3. The van der Waals surface area contributed by atoms with Crippen LogP contribution in [0.15, 0.2) is 0 Å². The number of hydrogen-bond donors (Lipinski definition) is 2. The van der Waals surface area contributed by atoms with Crippen molar-refractivity contribution in [3.05, 3.63) is 0 Å². The quantitative estimate of drug-likeness (QED) is 0.412. The van der Waals surface area contributed by atoms with E-state index in [4.69, 9.17) is 9.47 Å². The zero-order valence-corrected chi connectivity index (χ0v) is 25.2. The third-order valence-electron chi connectivity index (χ3n) is 14.2. The Hall–Kier alpha value is -0.790. The van der Waals surface area contributed by atoms with Crippen LogP contribution in [0.5, 0.6) is 0 Å². The van der Waals surface area contributed by atoms with E-state index in [2.05, 4.69) is 20.8 Å². The fourth-order valence-corrected chi connectivity index (χ4v) is 12.3. The molecule has 7 heteroatoms. The number of fused-ring (bicyclic) bond motifs is 4. The minimum Gasteiger partial charge on any atom is -0.457 e. The molecule has 6 fully saturated rings. The Morgan fingerprint density at radius 2 is 1.62 bits per heavy atom. The Morgan fingerprint density at radius 3 is 2.23 bits per heavy atom. The Labute approximate surface area is 232 Å². The van der Waals surface area contributed by atoms with Crippen molar-refractivity contribution >= 4 is 5.97 Å². The molecule has 39 heavy (non-hydrogen) atoms. The summed E-state index contributed by atoms with van der Waals surface area (Å²) in [5, 5.41) is 23.2. The molecule has 12 atom stereocenters. The third kappa shape index (κ3) is 3.25. The van der Waals surface area contributed by atoms with Crippen LogP contribution in [0.25, 0.3) is 0 Å². The first kappa shape index (κ1) is 28.3. The van der Waals surface area contributed by atoms with Gasteiger partial charge in [0.1, 0.15) is 0 Å². The second-order valence-corrected chi connectivity index (χ2v) is 16.3. The van der Waals surface area contributed by atoms with E-state index in [-0.39, 0.29) is 46.3 Å². The van der Waals surface area contributed by atoms with E-state index in [1.54, 1.807) is 27.7 Å². The molecule has 0 aromatic carbocycles. The topological polar surface area (TPSA) is 76.0 Å². The maximum atomic E-state index is 15.2. The van der Waals surface area contributed by atoms with Crippen LogP contribution in [0.4, 0.5) is 8.78 Å². The summed E-state index contributed by atoms with van der Waals surface area (Å²) < 4.78 is 42.7. The highest BCUT2D eigenvalue weighted by atomic mass is 19.3. The zero-order valence-electron chi connectivity index (χ0n) is 25.2. The zero-order chi connectivity index (χ0) is 28.8. The lowest BCUT2D eigenvalue weighted by molar-refractivity contribution is -0.223. The molecule has 1 heterocycles. The van der Waals surface area contributed by atoms with E-state index < -0.39 is 52.7 Å². The summed E-state index contributed by atoms with van der Waals surface area (Å²) >= 11 is 0. The van der Waals surface area contributed by atoms with Gasteiger partial charge in [-0.3, -0.25) is 4.79 Å². The molecule has 222 valence electrons. The minimum atomic E-state index is -2.63. The summed E-state index contributed by atoms with van der Waals surface area (Å²) in [7, 11) is 0. The number of alkyl halides is 2. The molecule has 2 spiro atoms. The van der Waals surface area contributed by atoms with Crippen LogP contribution in [0.2, 0.25) is 0 Å². The SMILES string of the molecule is CC(=O)O[C@@H]([C@H]1C[C@@H](C)[C@H]2C(O1)[C@H](O)[C@@]1(C)[C@@H]3CC[C@H]4C(C)(C)C(F)(F)CC[C@@]45C[C@@]35CC[C@]21C)C(C)(C)O. The Bertz CT molecular complexity index is 1050. The average molecular weight is 553 g/mol. The van der Waals surface area contributed by atoms with E-state index in [0.29, 0.717) is 12.8 Å². The molecule has 0 aromatic rings. The summed E-state index contributed by atoms with van der Waals surface area (Å²) in [5.41, 5.74) is -2.83. The number of aliphatic hydroxyl groups excluding tert-OH is 1. The monoisotopic (exact) mass is 552 g/mol. The van der Waals surface area contributed by atoms with Gasteiger partial charge in [0.25, 0.3) is 5.92 Å². The first-order valence-electron chi connectivity index (χ1n) is 15.4. The van der Waals surface area contributed by atoms with Gasteiger partial charge in [0.2, 0.25) is 0 Å². The molecule has 0 amide bonds. The van der Waals surface area contributed by atoms with Gasteiger partial charge in [0.15, 0.2) is 6.10 Å². The summed E-state index contributed by atoms with van der Waals surface area (Å²) in [5.74, 6) is -2.44. The molecule has 1 aliphatic heterocycles. The van der Waals surface area contributed by atoms with Crippen molar-refractivity contribution in [1.82, 2.24) is 0 Å². The molecule has 1 saturated heterocycles. The van der Waals surface area contributed by atoms with Crippen LogP contribution in [0, 0.1) is 50.7 Å². The Morgan fingerprint density at radius 1 is 1.03 bits per heavy atom. The maximum absolute atomic E-state index is 15.2. The highest BCUT2D eigenvalue weighted by Gasteiger charge is 2.85. The predicted molar refractivity (Wildman–Crippen MR) is 143 cm³/mol. The largest absolute Gasteiger partial charge is 0.457 e. The second-order valence-electron chi connectivity index (χ2n) is 16.3. The second kappa shape index (κ2) is 7.98. The number of carbonyl (C=O) groups is 1. The summed E-state index contributed by atoms with van der Waals surface area (Å²) in [4.78, 5) is 11.9. The highest BCUT2D eigenvalue weighted by Crippen LogP contribution is 2.90. The lowest BCUT2D eigenvalue weighted by atomic mass is 9.41. The highest BCUT2D eigenvalue weighted by molar-refractivity contribution is 5.66. The number of ether oxygens (including phenoxy) is 2. The van der Waals surface area contributed by atoms with Gasteiger partial charge in [-0.2, -0.15) is 0 Å². The van der Waals surface area contributed by atoms with Gasteiger partial charge in [-0.1, -0.05) is 34.6 Å². The lowest BCUT2D eigenvalue weighted by Gasteiger charge is -2.63. The fourth-order valence-electron chi connectivity index (χ4n) is 12.3. The molecular formula is C32H50F2O5. The molecular weight excluding hydrogens is 502 g/mol. The number of carbonyl (C=O) groups excluding carboxylic acids is 1. The van der Waals surface area contributed by atoms with Crippen molar-refractivity contribution in [3.63, 3.8) is 0 Å². The van der Waals surface area contributed by atoms with E-state index in [9.17, 15) is 15.0 Å². The van der Waals surface area contributed by atoms with E-state index in [0.717, 1.165) is 32.1 Å². The average Bonchev–Trinajstić information content (AvgIpc) is 3.45. The first-order chi connectivity index (χ1) is 17.8. The smallest absolute Gasteiger partial charge is 0.303 e. The predicted octanol–water partition coefficient (Wildman–Crippen LogP) is 6.14. The number of aliphatic hydroxyl groups is 2. The van der Waals surface area contributed by atoms with Crippen molar-refractivity contribution in [1.29, 1.82) is 0 Å². The molecule has 5 saturated carbocycles. The fraction of sp³-hybridized carbons (Fsp3) is 0.969. The van der Waals surface area contributed by atoms with Gasteiger partial charge in [0, 0.05) is 24.2 Å². The molecule has 0 bridgehead atoms. The van der Waals surface area contributed by atoms with Gasteiger partial charge < -0.3 is 19.7 Å². The van der Waals surface area contributed by atoms with Crippen molar-refractivity contribution in [2.75, 3.05) is 0 Å². The van der Waals surface area contributed by atoms with Gasteiger partial charge in [-0.15, -0.1) is 0 Å². The van der Waals surface area contributed by atoms with Crippen molar-refractivity contribution in [2.24, 2.45) is 50.7 Å². The van der Waals surface area contributed by atoms with Crippen molar-refractivity contribution in [3.8, 4) is 0 Å². The van der Waals surface area contributed by atoms with E-state index in [1.807, 2.05) is 0 Å². The molecule has 5 nitrogen and oxygen atoms in total. The van der Waals surface area contributed by atoms with Crippen LogP contribution in [-0.2, 0) is 14.3 Å². The molecule has 2 N–H and O–H groups in total. The molecule has 1 unspecified atom stereocenters. The van der Waals surface area contributed by atoms with Crippen LogP contribution < -0.4 is 0 Å². The van der Waals surface area contributed by atoms with E-state index >= 15 is 8.78 Å². The molecule has 0 radical (unpaired) electrons. The summed E-state index contributed by atoms with van der Waals surface area (Å²) in [6.45, 7) is 15.1. The lowest BCUT2D eigenvalue weighted by Crippen LogP contribution is -2.60. The van der Waals surface area contributed by atoms with Crippen molar-refractivity contribution in [2.45, 2.75) is 143 Å². The Balaban J connectivity index is 1.35. The number of esters is 1. The van der Waals surface area contributed by atoms with Crippen LogP contribution >= 0.6 is 0 Å². The van der Waals surface area contributed by atoms with E-state index in [1.165, 1.54) is 6.92 Å². The first-order valence-corrected chi connectivity index (χ1v) is 15.4. The van der Waals surface area contributed by atoms with Gasteiger partial charge in [-0.25, -0.2) is 8.78 Å². The van der Waals surface area contributed by atoms with Gasteiger partial charge in [-0.05, 0) is 98.7 Å². The summed E-state index contributed by atoms with van der Waals surface area (Å²) in [6, 6.07) is 0. The van der Waals surface area contributed by atoms with Gasteiger partial charge >= 0.3 is 5.97 Å². The third-order valence-corrected chi connectivity index (χ3v) is 14.2. The Kier molecular flexibility index (Phi) is 5.80. The van der Waals surface area contributed by atoms with Crippen LogP contribution in [-0.4, -0.2) is 52.1 Å². The molecule has 6 aliphatic rings. The number of halogens is 2. The summed E-state index contributed by atoms with van der Waals surface area (Å²) in [6.07, 6.45) is 3.50.